The maximum Gasteiger partial charge on any atom is 0.405 e. The maximum absolute atomic E-state index is 12.7. The molecule has 0 unspecified atom stereocenters. The zero-order chi connectivity index (χ0) is 14.2. The van der Waals surface area contributed by atoms with Crippen molar-refractivity contribution in [1.29, 1.82) is 0 Å². The lowest BCUT2D eigenvalue weighted by Crippen LogP contribution is -2.37. The van der Waals surface area contributed by atoms with Crippen LogP contribution in [-0.4, -0.2) is 23.8 Å². The van der Waals surface area contributed by atoms with Crippen molar-refractivity contribution in [2.75, 3.05) is 11.4 Å². The summed E-state index contributed by atoms with van der Waals surface area (Å²) < 4.78 is 38.0. The Morgan fingerprint density at radius 3 is 2.53 bits per heavy atom. The van der Waals surface area contributed by atoms with Gasteiger partial charge in [-0.2, -0.15) is 13.2 Å². The molecule has 1 aliphatic rings. The van der Waals surface area contributed by atoms with Crippen molar-refractivity contribution in [2.24, 2.45) is 5.73 Å². The molecule has 0 aromatic heterocycles. The maximum atomic E-state index is 12.7. The van der Waals surface area contributed by atoms with E-state index in [9.17, 15) is 13.2 Å². The number of nitrogens with zero attached hydrogens (tertiary/aromatic N) is 1. The smallest absolute Gasteiger partial charge is 0.389 e. The van der Waals surface area contributed by atoms with Gasteiger partial charge in [0.1, 0.15) is 11.5 Å². The van der Waals surface area contributed by atoms with Crippen molar-refractivity contribution in [3.63, 3.8) is 0 Å². The molecule has 0 heterocycles. The number of anilines is 1. The van der Waals surface area contributed by atoms with Crippen LogP contribution in [0.5, 0.6) is 0 Å². The molecule has 1 fully saturated rings. The van der Waals surface area contributed by atoms with Crippen LogP contribution in [0.1, 0.15) is 18.4 Å². The molecule has 0 bridgehead atoms. The third-order valence-electron chi connectivity index (χ3n) is 2.87. The van der Waals surface area contributed by atoms with Gasteiger partial charge in [-0.1, -0.05) is 23.8 Å². The van der Waals surface area contributed by atoms with Crippen LogP contribution < -0.4 is 10.6 Å². The fourth-order valence-corrected chi connectivity index (χ4v) is 2.28. The minimum Gasteiger partial charge on any atom is -0.389 e. The van der Waals surface area contributed by atoms with Crippen LogP contribution in [0.4, 0.5) is 18.9 Å². The first kappa shape index (κ1) is 14.4. The Hall–Kier alpha value is -1.01. The summed E-state index contributed by atoms with van der Waals surface area (Å²) in [6.45, 7) is -1.01. The lowest BCUT2D eigenvalue weighted by atomic mass is 10.1. The number of nitrogens with two attached hydrogens (primary N) is 1. The molecule has 0 amide bonds. The standard InChI is InChI=1S/C12H12ClF3N2S/c13-7-1-4-10(9(5-7)11(17)19)18(8-2-3-8)6-12(14,15)16/h1,4-5,8H,2-3,6H2,(H2,17,19). The van der Waals surface area contributed by atoms with Crippen molar-refractivity contribution in [2.45, 2.75) is 25.1 Å². The number of hydrogen-bond acceptors (Lipinski definition) is 2. The van der Waals surface area contributed by atoms with Gasteiger partial charge in [-0.15, -0.1) is 0 Å². The minimum atomic E-state index is -4.27. The van der Waals surface area contributed by atoms with E-state index < -0.39 is 12.7 Å². The number of hydrogen-bond donors (Lipinski definition) is 1. The van der Waals surface area contributed by atoms with E-state index in [1.54, 1.807) is 12.1 Å². The fourth-order valence-electron chi connectivity index (χ4n) is 1.95. The third-order valence-corrected chi connectivity index (χ3v) is 3.33. The van der Waals surface area contributed by atoms with E-state index in [0.717, 1.165) is 12.8 Å². The van der Waals surface area contributed by atoms with E-state index in [4.69, 9.17) is 29.6 Å². The summed E-state index contributed by atoms with van der Waals surface area (Å²) in [5, 5.41) is 0.398. The SMILES string of the molecule is NC(=S)c1cc(Cl)ccc1N(CC(F)(F)F)C1CC1. The van der Waals surface area contributed by atoms with Gasteiger partial charge >= 0.3 is 6.18 Å². The Labute approximate surface area is 119 Å². The molecule has 19 heavy (non-hydrogen) atoms. The van der Waals surface area contributed by atoms with Crippen LogP contribution in [0, 0.1) is 0 Å². The summed E-state index contributed by atoms with van der Waals surface area (Å²) in [6, 6.07) is 4.49. The summed E-state index contributed by atoms with van der Waals surface area (Å²) in [5.74, 6) is 0. The third kappa shape index (κ3) is 3.73. The van der Waals surface area contributed by atoms with Crippen molar-refractivity contribution >= 4 is 34.5 Å². The summed E-state index contributed by atoms with van der Waals surface area (Å²) in [7, 11) is 0. The van der Waals surface area contributed by atoms with E-state index in [1.807, 2.05) is 0 Å². The Morgan fingerprint density at radius 2 is 2.05 bits per heavy atom. The Kier molecular flexibility index (Phi) is 3.92. The van der Waals surface area contributed by atoms with Gasteiger partial charge in [-0.05, 0) is 31.0 Å². The monoisotopic (exact) mass is 308 g/mol. The van der Waals surface area contributed by atoms with Crippen LogP contribution in [0.25, 0.3) is 0 Å². The van der Waals surface area contributed by atoms with Gasteiger partial charge in [0.25, 0.3) is 0 Å². The first-order valence-electron chi connectivity index (χ1n) is 5.70. The Bertz CT molecular complexity index is 500. The average Bonchev–Trinajstić information content (AvgIpc) is 3.08. The minimum absolute atomic E-state index is 0.0466. The van der Waals surface area contributed by atoms with E-state index in [1.165, 1.54) is 11.0 Å². The van der Waals surface area contributed by atoms with Gasteiger partial charge in [0.05, 0.1) is 0 Å². The second kappa shape index (κ2) is 5.17. The molecule has 2 rings (SSSR count). The quantitative estimate of drug-likeness (QED) is 0.863. The highest BCUT2D eigenvalue weighted by Crippen LogP contribution is 2.36. The highest BCUT2D eigenvalue weighted by molar-refractivity contribution is 7.80. The lowest BCUT2D eigenvalue weighted by molar-refractivity contribution is -0.120. The molecular formula is C12H12ClF3N2S. The van der Waals surface area contributed by atoms with Crippen molar-refractivity contribution in [3.05, 3.63) is 28.8 Å². The van der Waals surface area contributed by atoms with Crippen LogP contribution in [0.15, 0.2) is 18.2 Å². The second-order valence-corrected chi connectivity index (χ2v) is 5.38. The first-order chi connectivity index (χ1) is 8.78. The summed E-state index contributed by atoms with van der Waals surface area (Å²) in [4.78, 5) is 1.36. The molecule has 7 heteroatoms. The van der Waals surface area contributed by atoms with Crippen LogP contribution in [-0.2, 0) is 0 Å². The van der Waals surface area contributed by atoms with Gasteiger partial charge in [-0.3, -0.25) is 0 Å². The van der Waals surface area contributed by atoms with Gasteiger partial charge < -0.3 is 10.6 Å². The van der Waals surface area contributed by atoms with Crippen LogP contribution >= 0.6 is 23.8 Å². The molecule has 1 aromatic rings. The second-order valence-electron chi connectivity index (χ2n) is 4.50. The molecule has 104 valence electrons. The van der Waals surface area contributed by atoms with E-state index in [-0.39, 0.29) is 11.0 Å². The van der Waals surface area contributed by atoms with Crippen LogP contribution in [0.3, 0.4) is 0 Å². The molecule has 2 nitrogen and oxygen atoms in total. The molecule has 0 atom stereocenters. The summed E-state index contributed by atoms with van der Waals surface area (Å²) in [6.07, 6.45) is -2.78. The molecule has 0 radical (unpaired) electrons. The number of halogens is 4. The summed E-state index contributed by atoms with van der Waals surface area (Å²) >= 11 is 10.7. The normalized spacial score (nSPS) is 15.4. The molecule has 1 aromatic carbocycles. The molecule has 1 aliphatic carbocycles. The molecular weight excluding hydrogens is 297 g/mol. The zero-order valence-corrected chi connectivity index (χ0v) is 11.4. The largest absolute Gasteiger partial charge is 0.405 e. The van der Waals surface area contributed by atoms with Gasteiger partial charge in [-0.25, -0.2) is 0 Å². The van der Waals surface area contributed by atoms with Crippen molar-refractivity contribution < 1.29 is 13.2 Å². The Morgan fingerprint density at radius 1 is 1.42 bits per heavy atom. The first-order valence-corrected chi connectivity index (χ1v) is 6.49. The Balaban J connectivity index is 2.39. The fraction of sp³-hybridized carbons (Fsp3) is 0.417. The van der Waals surface area contributed by atoms with Crippen LogP contribution in [0.2, 0.25) is 5.02 Å². The zero-order valence-electron chi connectivity index (χ0n) is 9.88. The molecule has 0 saturated heterocycles. The topological polar surface area (TPSA) is 29.3 Å². The van der Waals surface area contributed by atoms with Crippen molar-refractivity contribution in [3.8, 4) is 0 Å². The van der Waals surface area contributed by atoms with E-state index in [0.29, 0.717) is 16.3 Å². The van der Waals surface area contributed by atoms with Gasteiger partial charge in [0, 0.05) is 22.3 Å². The predicted molar refractivity (Wildman–Crippen MR) is 73.8 cm³/mol. The number of rotatable bonds is 4. The molecule has 0 spiro atoms. The number of alkyl halides is 3. The van der Waals surface area contributed by atoms with Gasteiger partial charge in [0.2, 0.25) is 0 Å². The summed E-state index contributed by atoms with van der Waals surface area (Å²) in [5.41, 5.74) is 6.36. The van der Waals surface area contributed by atoms with E-state index >= 15 is 0 Å². The predicted octanol–water partition coefficient (Wildman–Crippen LogP) is 3.51. The molecule has 0 aliphatic heterocycles. The van der Waals surface area contributed by atoms with Gasteiger partial charge in [0.15, 0.2) is 0 Å². The lowest BCUT2D eigenvalue weighted by Gasteiger charge is -2.28. The molecule has 1 saturated carbocycles. The number of benzene rings is 1. The molecule has 2 N–H and O–H groups in total. The average molecular weight is 309 g/mol. The van der Waals surface area contributed by atoms with E-state index in [2.05, 4.69) is 0 Å². The number of thiocarbonyl (C=S) groups is 1. The highest BCUT2D eigenvalue weighted by Gasteiger charge is 2.39. The highest BCUT2D eigenvalue weighted by atomic mass is 35.5. The van der Waals surface area contributed by atoms with Crippen molar-refractivity contribution in [1.82, 2.24) is 0 Å².